The van der Waals surface area contributed by atoms with E-state index in [4.69, 9.17) is 0 Å². The summed E-state index contributed by atoms with van der Waals surface area (Å²) in [6, 6.07) is 5.91. The first-order valence-electron chi connectivity index (χ1n) is 10.6. The molecule has 0 spiro atoms. The number of aryl methyl sites for hydroxylation is 1. The number of H-pyrrole nitrogens is 1. The summed E-state index contributed by atoms with van der Waals surface area (Å²) < 4.78 is 1.56. The van der Waals surface area contributed by atoms with E-state index in [1.807, 2.05) is 48.2 Å². The fourth-order valence-electron chi connectivity index (χ4n) is 4.32. The van der Waals surface area contributed by atoms with E-state index in [0.29, 0.717) is 11.9 Å². The van der Waals surface area contributed by atoms with Crippen molar-refractivity contribution < 1.29 is 4.79 Å². The van der Waals surface area contributed by atoms with E-state index < -0.39 is 0 Å². The molecule has 3 heterocycles. The Morgan fingerprint density at radius 3 is 2.77 bits per heavy atom. The van der Waals surface area contributed by atoms with Crippen LogP contribution < -0.4 is 5.56 Å². The standard InChI is InChI=1S/C22H30N6O2/c1-25(2)11-5-7-21(29)27-14-12-26(13-15-27)17-8-9-19-18(16-17)22(30)28(24-19)20-6-3-4-10-23-20/h3-7,10,17,24H,8-9,11-16H2,1-2H3. The molecule has 0 aromatic carbocycles. The van der Waals surface area contributed by atoms with Crippen molar-refractivity contribution in [2.75, 3.05) is 46.8 Å². The first-order chi connectivity index (χ1) is 14.5. The zero-order valence-corrected chi connectivity index (χ0v) is 17.8. The molecule has 0 radical (unpaired) electrons. The molecule has 8 heteroatoms. The largest absolute Gasteiger partial charge is 0.337 e. The summed E-state index contributed by atoms with van der Waals surface area (Å²) in [4.78, 5) is 36.0. The van der Waals surface area contributed by atoms with Gasteiger partial charge < -0.3 is 9.80 Å². The summed E-state index contributed by atoms with van der Waals surface area (Å²) in [6.07, 6.45) is 7.92. The zero-order chi connectivity index (χ0) is 21.1. The lowest BCUT2D eigenvalue weighted by atomic mass is 9.92. The van der Waals surface area contributed by atoms with Crippen LogP contribution in [0.3, 0.4) is 0 Å². The van der Waals surface area contributed by atoms with Crippen molar-refractivity contribution in [3.8, 4) is 5.82 Å². The average molecular weight is 411 g/mol. The van der Waals surface area contributed by atoms with Crippen molar-refractivity contribution in [2.24, 2.45) is 0 Å². The fraction of sp³-hybridized carbons (Fsp3) is 0.500. The Morgan fingerprint density at radius 1 is 1.27 bits per heavy atom. The highest BCUT2D eigenvalue weighted by Gasteiger charge is 2.31. The van der Waals surface area contributed by atoms with Crippen LogP contribution in [0.2, 0.25) is 0 Å². The average Bonchev–Trinajstić information content (AvgIpc) is 3.10. The Bertz CT molecular complexity index is 954. The van der Waals surface area contributed by atoms with Gasteiger partial charge >= 0.3 is 0 Å². The second kappa shape index (κ2) is 8.97. The van der Waals surface area contributed by atoms with Gasteiger partial charge in [-0.25, -0.2) is 9.67 Å². The van der Waals surface area contributed by atoms with Crippen LogP contribution in [0.4, 0.5) is 0 Å². The number of rotatable bonds is 5. The Balaban J connectivity index is 1.37. The third-order valence-corrected chi connectivity index (χ3v) is 5.99. The van der Waals surface area contributed by atoms with Crippen LogP contribution in [-0.4, -0.2) is 88.2 Å². The van der Waals surface area contributed by atoms with Gasteiger partial charge in [0.05, 0.1) is 0 Å². The number of amides is 1. The van der Waals surface area contributed by atoms with E-state index >= 15 is 0 Å². The maximum atomic E-state index is 12.9. The second-order valence-electron chi connectivity index (χ2n) is 8.32. The number of carbonyl (C=O) groups excluding carboxylic acids is 1. The molecular weight excluding hydrogens is 380 g/mol. The van der Waals surface area contributed by atoms with E-state index in [1.165, 1.54) is 0 Å². The highest BCUT2D eigenvalue weighted by Crippen LogP contribution is 2.23. The van der Waals surface area contributed by atoms with Gasteiger partial charge in [-0.05, 0) is 45.5 Å². The van der Waals surface area contributed by atoms with Gasteiger partial charge in [0.15, 0.2) is 5.82 Å². The number of aromatic nitrogens is 3. The zero-order valence-electron chi connectivity index (χ0n) is 17.8. The normalized spacial score (nSPS) is 20.1. The number of likely N-dealkylation sites (N-methyl/N-ethyl adjacent to an activating group) is 1. The van der Waals surface area contributed by atoms with E-state index in [9.17, 15) is 9.59 Å². The van der Waals surface area contributed by atoms with Crippen LogP contribution in [0.1, 0.15) is 17.7 Å². The van der Waals surface area contributed by atoms with Crippen molar-refractivity contribution in [1.29, 1.82) is 0 Å². The van der Waals surface area contributed by atoms with Gasteiger partial charge in [0.25, 0.3) is 5.56 Å². The third-order valence-electron chi connectivity index (χ3n) is 5.99. The lowest BCUT2D eigenvalue weighted by Crippen LogP contribution is -2.53. The van der Waals surface area contributed by atoms with Gasteiger partial charge in [-0.3, -0.25) is 19.6 Å². The number of nitrogens with one attached hydrogen (secondary N) is 1. The second-order valence-corrected chi connectivity index (χ2v) is 8.32. The molecule has 1 aliphatic heterocycles. The molecule has 1 fully saturated rings. The van der Waals surface area contributed by atoms with Crippen LogP contribution >= 0.6 is 0 Å². The molecule has 4 rings (SSSR count). The van der Waals surface area contributed by atoms with E-state index in [2.05, 4.69) is 15.0 Å². The summed E-state index contributed by atoms with van der Waals surface area (Å²) in [7, 11) is 3.97. The van der Waals surface area contributed by atoms with Gasteiger partial charge in [0.2, 0.25) is 5.91 Å². The predicted molar refractivity (Wildman–Crippen MR) is 116 cm³/mol. The van der Waals surface area contributed by atoms with Crippen LogP contribution in [0, 0.1) is 0 Å². The highest BCUT2D eigenvalue weighted by molar-refractivity contribution is 5.87. The summed E-state index contributed by atoms with van der Waals surface area (Å²) >= 11 is 0. The molecule has 160 valence electrons. The maximum absolute atomic E-state index is 12.9. The number of nitrogens with zero attached hydrogens (tertiary/aromatic N) is 5. The Labute approximate surface area is 176 Å². The first kappa shape index (κ1) is 20.6. The highest BCUT2D eigenvalue weighted by atomic mass is 16.2. The molecule has 30 heavy (non-hydrogen) atoms. The van der Waals surface area contributed by atoms with Crippen LogP contribution in [0.25, 0.3) is 5.82 Å². The third kappa shape index (κ3) is 4.39. The molecule has 1 unspecified atom stereocenters. The lowest BCUT2D eigenvalue weighted by Gasteiger charge is -2.40. The smallest absolute Gasteiger partial charge is 0.276 e. The van der Waals surface area contributed by atoms with Gasteiger partial charge in [-0.1, -0.05) is 12.1 Å². The quantitative estimate of drug-likeness (QED) is 0.734. The predicted octanol–water partition coefficient (Wildman–Crippen LogP) is 0.680. The molecule has 1 amide bonds. The molecule has 1 aliphatic carbocycles. The fourth-order valence-corrected chi connectivity index (χ4v) is 4.32. The van der Waals surface area contributed by atoms with Crippen molar-refractivity contribution in [2.45, 2.75) is 25.3 Å². The number of hydrogen-bond acceptors (Lipinski definition) is 5. The summed E-state index contributed by atoms with van der Waals surface area (Å²) in [6.45, 7) is 3.95. The van der Waals surface area contributed by atoms with Gasteiger partial charge in [-0.15, -0.1) is 0 Å². The van der Waals surface area contributed by atoms with Crippen LogP contribution in [-0.2, 0) is 17.6 Å². The molecule has 2 aliphatic rings. The maximum Gasteiger partial charge on any atom is 0.276 e. The van der Waals surface area contributed by atoms with Crippen LogP contribution in [0.5, 0.6) is 0 Å². The van der Waals surface area contributed by atoms with Gasteiger partial charge in [0.1, 0.15) is 0 Å². The van der Waals surface area contributed by atoms with E-state index in [0.717, 1.165) is 63.2 Å². The SMILES string of the molecule is CN(C)CC=CC(=O)N1CCN(C2CCc3[nH]n(-c4ccccn4)c(=O)c3C2)CC1. The van der Waals surface area contributed by atoms with Crippen molar-refractivity contribution in [3.05, 3.63) is 58.2 Å². The Kier molecular flexibility index (Phi) is 6.15. The van der Waals surface area contributed by atoms with Crippen molar-refractivity contribution in [1.82, 2.24) is 29.5 Å². The molecular formula is C22H30N6O2. The minimum Gasteiger partial charge on any atom is -0.337 e. The summed E-state index contributed by atoms with van der Waals surface area (Å²) in [5.74, 6) is 0.717. The Hall–Kier alpha value is -2.71. The summed E-state index contributed by atoms with van der Waals surface area (Å²) in [5, 5.41) is 3.25. The van der Waals surface area contributed by atoms with Gasteiger partial charge in [-0.2, -0.15) is 0 Å². The number of carbonyl (C=O) groups is 1. The molecule has 1 N–H and O–H groups in total. The Morgan fingerprint density at radius 2 is 2.07 bits per heavy atom. The minimum absolute atomic E-state index is 0.00763. The molecule has 1 atom stereocenters. The first-order valence-corrected chi connectivity index (χ1v) is 10.6. The van der Waals surface area contributed by atoms with Crippen molar-refractivity contribution >= 4 is 5.91 Å². The molecule has 0 bridgehead atoms. The minimum atomic E-state index is 0.00763. The van der Waals surface area contributed by atoms with Crippen LogP contribution in [0.15, 0.2) is 41.3 Å². The molecule has 2 aromatic rings. The molecule has 8 nitrogen and oxygen atoms in total. The number of piperazine rings is 1. The van der Waals surface area contributed by atoms with E-state index in [1.54, 1.807) is 17.0 Å². The number of fused-ring (bicyclic) bond motifs is 1. The monoisotopic (exact) mass is 410 g/mol. The molecule has 1 saturated heterocycles. The topological polar surface area (TPSA) is 77.5 Å². The molecule has 0 saturated carbocycles. The summed E-state index contributed by atoms with van der Waals surface area (Å²) in [5.41, 5.74) is 1.91. The van der Waals surface area contributed by atoms with Gasteiger partial charge in [0, 0.05) is 62.3 Å². The number of hydrogen-bond donors (Lipinski definition) is 1. The molecule has 2 aromatic heterocycles. The van der Waals surface area contributed by atoms with E-state index in [-0.39, 0.29) is 11.5 Å². The lowest BCUT2D eigenvalue weighted by molar-refractivity contribution is -0.128. The van der Waals surface area contributed by atoms with Crippen molar-refractivity contribution in [3.63, 3.8) is 0 Å². The number of pyridine rings is 1. The number of aromatic amines is 1.